The molecule has 0 spiro atoms. The van der Waals surface area contributed by atoms with E-state index >= 15 is 0 Å². The van der Waals surface area contributed by atoms with Gasteiger partial charge in [0.05, 0.1) is 11.0 Å². The molecular weight excluding hydrogens is 358 g/mol. The number of nitrogens with zero attached hydrogens (tertiary/aromatic N) is 5. The van der Waals surface area contributed by atoms with Gasteiger partial charge in [-0.3, -0.25) is 14.7 Å². The molecule has 2 heterocycles. The number of benzene rings is 1. The Balaban J connectivity index is 1.74. The van der Waals surface area contributed by atoms with E-state index in [2.05, 4.69) is 20.3 Å². The third-order valence-corrected chi connectivity index (χ3v) is 4.53. The van der Waals surface area contributed by atoms with Crippen LogP contribution in [0.1, 0.15) is 29.3 Å². The lowest BCUT2D eigenvalue weighted by molar-refractivity contribution is -0.385. The summed E-state index contributed by atoms with van der Waals surface area (Å²) in [4.78, 5) is 23.2. The first-order valence-corrected chi connectivity index (χ1v) is 8.19. The van der Waals surface area contributed by atoms with Gasteiger partial charge in [0.15, 0.2) is 0 Å². The highest BCUT2D eigenvalue weighted by Gasteiger charge is 2.29. The van der Waals surface area contributed by atoms with Crippen LogP contribution in [0.4, 0.5) is 20.4 Å². The van der Waals surface area contributed by atoms with Gasteiger partial charge in [-0.25, -0.2) is 18.7 Å². The van der Waals surface area contributed by atoms with Crippen molar-refractivity contribution in [2.24, 2.45) is 0 Å². The summed E-state index contributed by atoms with van der Waals surface area (Å²) in [6.07, 6.45) is 5.41. The third-order valence-electron chi connectivity index (χ3n) is 4.53. The zero-order valence-electron chi connectivity index (χ0n) is 14.2. The zero-order chi connectivity index (χ0) is 19.1. The van der Waals surface area contributed by atoms with Gasteiger partial charge >= 0.3 is 5.69 Å². The van der Waals surface area contributed by atoms with Crippen LogP contribution in [0.25, 0.3) is 5.82 Å². The van der Waals surface area contributed by atoms with Gasteiger partial charge in [-0.15, -0.1) is 0 Å². The Morgan fingerprint density at radius 3 is 2.85 bits per heavy atom. The van der Waals surface area contributed by atoms with Crippen LogP contribution in [0.15, 0.2) is 30.9 Å². The Morgan fingerprint density at radius 1 is 1.33 bits per heavy atom. The summed E-state index contributed by atoms with van der Waals surface area (Å²) in [5.41, 5.74) is 0.908. The van der Waals surface area contributed by atoms with Crippen LogP contribution < -0.4 is 5.32 Å². The van der Waals surface area contributed by atoms with Crippen molar-refractivity contribution in [1.82, 2.24) is 19.5 Å². The molecule has 3 aromatic rings. The maximum Gasteiger partial charge on any atom is 0.333 e. The number of aromatic nitrogens is 4. The highest BCUT2D eigenvalue weighted by molar-refractivity contribution is 5.54. The molecule has 1 unspecified atom stereocenters. The fourth-order valence-corrected chi connectivity index (χ4v) is 3.34. The number of rotatable bonds is 4. The van der Waals surface area contributed by atoms with E-state index in [0.29, 0.717) is 24.0 Å². The molecule has 8 nitrogen and oxygen atoms in total. The van der Waals surface area contributed by atoms with E-state index in [1.807, 2.05) is 0 Å². The Bertz CT molecular complexity index is 1040. The fourth-order valence-electron chi connectivity index (χ4n) is 3.34. The number of nitrogens with one attached hydrogen (secondary N) is 1. The summed E-state index contributed by atoms with van der Waals surface area (Å²) in [7, 11) is 0. The molecule has 1 aromatic carbocycles. The molecule has 0 saturated carbocycles. The van der Waals surface area contributed by atoms with Gasteiger partial charge in [0, 0.05) is 18.5 Å². The second kappa shape index (κ2) is 6.38. The molecule has 138 valence electrons. The molecule has 10 heteroatoms. The van der Waals surface area contributed by atoms with Gasteiger partial charge in [-0.2, -0.15) is 4.98 Å². The van der Waals surface area contributed by atoms with Crippen LogP contribution in [0.2, 0.25) is 0 Å². The first-order chi connectivity index (χ1) is 12.9. The largest absolute Gasteiger partial charge is 0.347 e. The van der Waals surface area contributed by atoms with Gasteiger partial charge in [0.1, 0.15) is 23.7 Å². The SMILES string of the molecule is Cc1nc(NC2CCc3c(F)cc(F)cc32)nc(-n2ccnc2)c1[N+](=O)[O-]. The van der Waals surface area contributed by atoms with Crippen LogP contribution >= 0.6 is 0 Å². The van der Waals surface area contributed by atoms with Crippen LogP contribution in [0, 0.1) is 28.7 Å². The molecule has 0 amide bonds. The lowest BCUT2D eigenvalue weighted by atomic mass is 10.1. The molecule has 0 aliphatic heterocycles. The van der Waals surface area contributed by atoms with E-state index in [0.717, 1.165) is 6.07 Å². The Labute approximate surface area is 152 Å². The molecule has 1 atom stereocenters. The molecule has 4 rings (SSSR count). The Hall–Kier alpha value is -3.43. The number of hydrogen-bond donors (Lipinski definition) is 1. The first kappa shape index (κ1) is 17.0. The van der Waals surface area contributed by atoms with E-state index in [1.165, 1.54) is 36.3 Å². The minimum Gasteiger partial charge on any atom is -0.347 e. The van der Waals surface area contributed by atoms with Crippen LogP contribution in [0.3, 0.4) is 0 Å². The summed E-state index contributed by atoms with van der Waals surface area (Å²) in [5, 5.41) is 14.5. The number of halogens is 2. The number of anilines is 1. The van der Waals surface area contributed by atoms with E-state index in [9.17, 15) is 18.9 Å². The summed E-state index contributed by atoms with van der Waals surface area (Å²) < 4.78 is 29.0. The second-order valence-corrected chi connectivity index (χ2v) is 6.22. The van der Waals surface area contributed by atoms with Crippen molar-refractivity contribution in [3.05, 3.63) is 69.4 Å². The summed E-state index contributed by atoms with van der Waals surface area (Å²) >= 11 is 0. The summed E-state index contributed by atoms with van der Waals surface area (Å²) in [6, 6.07) is 1.77. The van der Waals surface area contributed by atoms with Crippen LogP contribution in [0.5, 0.6) is 0 Å². The van der Waals surface area contributed by atoms with E-state index in [1.54, 1.807) is 0 Å². The van der Waals surface area contributed by atoms with Crippen LogP contribution in [-0.4, -0.2) is 24.4 Å². The van der Waals surface area contributed by atoms with Gasteiger partial charge < -0.3 is 5.32 Å². The lowest BCUT2D eigenvalue weighted by Crippen LogP contribution is -2.14. The lowest BCUT2D eigenvalue weighted by Gasteiger charge is -2.15. The average Bonchev–Trinajstić information content (AvgIpc) is 3.24. The normalized spacial score (nSPS) is 15.6. The molecule has 0 radical (unpaired) electrons. The van der Waals surface area contributed by atoms with Crippen molar-refractivity contribution in [1.29, 1.82) is 0 Å². The van der Waals surface area contributed by atoms with Gasteiger partial charge in [0.2, 0.25) is 11.8 Å². The average molecular weight is 372 g/mol. The topological polar surface area (TPSA) is 98.8 Å². The minimum absolute atomic E-state index is 0.0659. The highest BCUT2D eigenvalue weighted by atomic mass is 19.1. The second-order valence-electron chi connectivity index (χ2n) is 6.22. The van der Waals surface area contributed by atoms with Gasteiger partial charge in [-0.05, 0) is 37.0 Å². The smallest absolute Gasteiger partial charge is 0.333 e. The first-order valence-electron chi connectivity index (χ1n) is 8.19. The van der Waals surface area contributed by atoms with Crippen molar-refractivity contribution in [3.63, 3.8) is 0 Å². The zero-order valence-corrected chi connectivity index (χ0v) is 14.2. The van der Waals surface area contributed by atoms with Crippen molar-refractivity contribution in [2.75, 3.05) is 5.32 Å². The third kappa shape index (κ3) is 2.98. The molecular formula is C17H14F2N6O2. The summed E-state index contributed by atoms with van der Waals surface area (Å²) in [6.45, 7) is 1.51. The van der Waals surface area contributed by atoms with Crippen LogP contribution in [-0.2, 0) is 6.42 Å². The molecule has 2 aromatic heterocycles. The monoisotopic (exact) mass is 372 g/mol. The van der Waals surface area contributed by atoms with E-state index < -0.39 is 16.6 Å². The number of nitro groups is 1. The molecule has 27 heavy (non-hydrogen) atoms. The number of hydrogen-bond acceptors (Lipinski definition) is 6. The fraction of sp³-hybridized carbons (Fsp3) is 0.235. The van der Waals surface area contributed by atoms with Crippen molar-refractivity contribution >= 4 is 11.6 Å². The van der Waals surface area contributed by atoms with E-state index in [4.69, 9.17) is 0 Å². The van der Waals surface area contributed by atoms with Crippen molar-refractivity contribution in [2.45, 2.75) is 25.8 Å². The molecule has 1 N–H and O–H groups in total. The van der Waals surface area contributed by atoms with Gasteiger partial charge in [0.25, 0.3) is 0 Å². The standard InChI is InChI=1S/C17H14F2N6O2/c1-9-15(25(26)27)16(24-5-4-20-8-24)23-17(21-9)22-14-3-2-11-12(14)6-10(18)7-13(11)19/h4-8,14H,2-3H2,1H3,(H,21,22,23). The van der Waals surface area contributed by atoms with E-state index in [-0.39, 0.29) is 29.2 Å². The number of aryl methyl sites for hydroxylation is 1. The highest BCUT2D eigenvalue weighted by Crippen LogP contribution is 2.36. The maximum atomic E-state index is 13.9. The molecule has 0 bridgehead atoms. The molecule has 1 aliphatic carbocycles. The summed E-state index contributed by atoms with van der Waals surface area (Å²) in [5.74, 6) is -1.02. The van der Waals surface area contributed by atoms with Crippen molar-refractivity contribution < 1.29 is 13.7 Å². The molecule has 0 fully saturated rings. The Morgan fingerprint density at radius 2 is 2.15 bits per heavy atom. The van der Waals surface area contributed by atoms with Gasteiger partial charge in [-0.1, -0.05) is 0 Å². The molecule has 0 saturated heterocycles. The molecule has 1 aliphatic rings. The number of imidazole rings is 1. The maximum absolute atomic E-state index is 13.9. The quantitative estimate of drug-likeness (QED) is 0.557. The van der Waals surface area contributed by atoms with Crippen molar-refractivity contribution in [3.8, 4) is 5.82 Å². The minimum atomic E-state index is -0.653. The predicted octanol–water partition coefficient (Wildman–Crippen LogP) is 3.26. The Kier molecular flexibility index (Phi) is 4.02. The predicted molar refractivity (Wildman–Crippen MR) is 91.6 cm³/mol. The number of fused-ring (bicyclic) bond motifs is 1.